The number of methoxy groups -OCH3 is 2. The van der Waals surface area contributed by atoms with Gasteiger partial charge in [0, 0.05) is 0 Å². The van der Waals surface area contributed by atoms with Gasteiger partial charge in [-0.05, 0) is 12.0 Å². The van der Waals surface area contributed by atoms with Crippen LogP contribution in [-0.2, 0) is 23.9 Å². The van der Waals surface area contributed by atoms with E-state index in [-0.39, 0.29) is 6.42 Å². The van der Waals surface area contributed by atoms with Gasteiger partial charge in [-0.25, -0.2) is 4.79 Å². The van der Waals surface area contributed by atoms with Crippen LogP contribution in [0, 0.1) is 5.92 Å². The summed E-state index contributed by atoms with van der Waals surface area (Å²) >= 11 is 0. The van der Waals surface area contributed by atoms with Gasteiger partial charge < -0.3 is 19.9 Å². The van der Waals surface area contributed by atoms with Crippen molar-refractivity contribution in [2.24, 2.45) is 5.92 Å². The van der Waals surface area contributed by atoms with E-state index >= 15 is 0 Å². The number of amides is 1. The first-order valence-electron chi connectivity index (χ1n) is 7.09. The van der Waals surface area contributed by atoms with Crippen LogP contribution in [0.5, 0.6) is 0 Å². The highest BCUT2D eigenvalue weighted by molar-refractivity contribution is 5.88. The minimum atomic E-state index is -1.42. The predicted molar refractivity (Wildman–Crippen MR) is 81.1 cm³/mol. The monoisotopic (exact) mass is 323 g/mol. The molecule has 0 spiro atoms. The largest absolute Gasteiger partial charge is 0.469 e. The van der Waals surface area contributed by atoms with Gasteiger partial charge in [-0.15, -0.1) is 0 Å². The molecule has 0 aromatic heterocycles. The Bertz CT molecular complexity index is 545. The number of hydrogen-bond donors (Lipinski definition) is 2. The average Bonchev–Trinajstić information content (AvgIpc) is 2.59. The molecule has 126 valence electrons. The van der Waals surface area contributed by atoms with Crippen molar-refractivity contribution in [1.29, 1.82) is 0 Å². The smallest absolute Gasteiger partial charge is 0.328 e. The van der Waals surface area contributed by atoms with E-state index in [2.05, 4.69) is 14.8 Å². The lowest BCUT2D eigenvalue weighted by atomic mass is 10.0. The van der Waals surface area contributed by atoms with Crippen LogP contribution in [0.4, 0.5) is 0 Å². The number of aliphatic hydroxyl groups is 1. The third-order valence-electron chi connectivity index (χ3n) is 3.36. The molecule has 0 bridgehead atoms. The Hall–Kier alpha value is -2.41. The average molecular weight is 323 g/mol. The highest BCUT2D eigenvalue weighted by Gasteiger charge is 2.29. The van der Waals surface area contributed by atoms with Crippen LogP contribution in [0.2, 0.25) is 0 Å². The van der Waals surface area contributed by atoms with E-state index in [4.69, 9.17) is 0 Å². The van der Waals surface area contributed by atoms with Gasteiger partial charge in [0.15, 0.2) is 6.10 Å². The SMILES string of the molecule is COC(=O)[C@H](C[C@H](C)C(=O)OC)NC(=O)[C@@H](O)c1ccccc1. The van der Waals surface area contributed by atoms with Crippen molar-refractivity contribution in [1.82, 2.24) is 5.32 Å². The molecule has 0 aliphatic carbocycles. The highest BCUT2D eigenvalue weighted by atomic mass is 16.5. The van der Waals surface area contributed by atoms with Crippen LogP contribution >= 0.6 is 0 Å². The van der Waals surface area contributed by atoms with Crippen molar-refractivity contribution in [2.75, 3.05) is 14.2 Å². The Balaban J connectivity index is 2.78. The van der Waals surface area contributed by atoms with Crippen LogP contribution < -0.4 is 5.32 Å². The topological polar surface area (TPSA) is 102 Å². The third-order valence-corrected chi connectivity index (χ3v) is 3.36. The molecule has 0 aliphatic rings. The lowest BCUT2D eigenvalue weighted by molar-refractivity contribution is -0.149. The maximum atomic E-state index is 12.1. The zero-order valence-corrected chi connectivity index (χ0v) is 13.3. The maximum Gasteiger partial charge on any atom is 0.328 e. The summed E-state index contributed by atoms with van der Waals surface area (Å²) in [5.41, 5.74) is 0.398. The summed E-state index contributed by atoms with van der Waals surface area (Å²) in [6.07, 6.45) is -1.41. The molecule has 0 heterocycles. The molecule has 23 heavy (non-hydrogen) atoms. The molecule has 0 radical (unpaired) electrons. The van der Waals surface area contributed by atoms with Gasteiger partial charge in [0.2, 0.25) is 0 Å². The first-order valence-corrected chi connectivity index (χ1v) is 7.09. The highest BCUT2D eigenvalue weighted by Crippen LogP contribution is 2.14. The number of hydrogen-bond acceptors (Lipinski definition) is 6. The Morgan fingerprint density at radius 3 is 2.17 bits per heavy atom. The molecule has 7 heteroatoms. The van der Waals surface area contributed by atoms with Crippen LogP contribution in [0.3, 0.4) is 0 Å². The normalized spacial score (nSPS) is 14.3. The van der Waals surface area contributed by atoms with Gasteiger partial charge in [0.25, 0.3) is 5.91 Å². The summed E-state index contributed by atoms with van der Waals surface area (Å²) in [6, 6.07) is 7.25. The molecule has 0 unspecified atom stereocenters. The summed E-state index contributed by atoms with van der Waals surface area (Å²) in [4.78, 5) is 35.4. The standard InChI is InChI=1S/C16H21NO6/c1-10(15(20)22-2)9-12(16(21)23-3)17-14(19)13(18)11-7-5-4-6-8-11/h4-8,10,12-13,18H,9H2,1-3H3,(H,17,19)/t10-,12-,13-/m0/s1. The van der Waals surface area contributed by atoms with Crippen LogP contribution in [0.1, 0.15) is 25.0 Å². The number of benzene rings is 1. The summed E-state index contributed by atoms with van der Waals surface area (Å²) in [6.45, 7) is 1.57. The Morgan fingerprint density at radius 2 is 1.65 bits per heavy atom. The van der Waals surface area contributed by atoms with Gasteiger partial charge in [0.05, 0.1) is 20.1 Å². The van der Waals surface area contributed by atoms with E-state index in [1.165, 1.54) is 14.2 Å². The number of nitrogens with one attached hydrogen (secondary N) is 1. The van der Waals surface area contributed by atoms with Crippen molar-refractivity contribution in [3.8, 4) is 0 Å². The van der Waals surface area contributed by atoms with Crippen LogP contribution in [-0.4, -0.2) is 43.2 Å². The third kappa shape index (κ3) is 5.37. The molecule has 2 N–H and O–H groups in total. The number of carbonyl (C=O) groups excluding carboxylic acids is 3. The van der Waals surface area contributed by atoms with Gasteiger partial charge in [-0.3, -0.25) is 9.59 Å². The minimum Gasteiger partial charge on any atom is -0.469 e. The van der Waals surface area contributed by atoms with Crippen LogP contribution in [0.15, 0.2) is 30.3 Å². The van der Waals surface area contributed by atoms with Gasteiger partial charge >= 0.3 is 11.9 Å². The number of aliphatic hydroxyl groups excluding tert-OH is 1. The van der Waals surface area contributed by atoms with Crippen molar-refractivity contribution < 1.29 is 29.0 Å². The van der Waals surface area contributed by atoms with Crippen molar-refractivity contribution in [2.45, 2.75) is 25.5 Å². The second-order valence-corrected chi connectivity index (χ2v) is 5.06. The minimum absolute atomic E-state index is 0.00654. The Labute approximate surface area is 134 Å². The summed E-state index contributed by atoms with van der Waals surface area (Å²) in [5.74, 6) is -2.56. The van der Waals surface area contributed by atoms with Gasteiger partial charge in [-0.2, -0.15) is 0 Å². The van der Waals surface area contributed by atoms with Gasteiger partial charge in [-0.1, -0.05) is 37.3 Å². The number of ether oxygens (including phenoxy) is 2. The fraction of sp³-hybridized carbons (Fsp3) is 0.438. The fourth-order valence-electron chi connectivity index (χ4n) is 2.04. The predicted octanol–water partition coefficient (Wildman–Crippen LogP) is 0.577. The van der Waals surface area contributed by atoms with Crippen molar-refractivity contribution in [3.63, 3.8) is 0 Å². The lowest BCUT2D eigenvalue weighted by Gasteiger charge is -2.21. The Morgan fingerprint density at radius 1 is 1.09 bits per heavy atom. The zero-order valence-electron chi connectivity index (χ0n) is 13.3. The number of rotatable bonds is 7. The molecule has 0 saturated heterocycles. The Kier molecular flexibility index (Phi) is 7.21. The molecule has 1 rings (SSSR count). The first-order chi connectivity index (χ1) is 10.9. The molecule has 3 atom stereocenters. The molecule has 1 amide bonds. The molecule has 0 saturated carbocycles. The molecule has 1 aromatic carbocycles. The number of carbonyl (C=O) groups is 3. The fourth-order valence-corrected chi connectivity index (χ4v) is 2.04. The second kappa shape index (κ2) is 8.89. The maximum absolute atomic E-state index is 12.1. The second-order valence-electron chi connectivity index (χ2n) is 5.06. The van der Waals surface area contributed by atoms with Crippen molar-refractivity contribution >= 4 is 17.8 Å². The molecule has 1 aromatic rings. The summed E-state index contributed by atoms with van der Waals surface area (Å²) < 4.78 is 9.22. The molecule has 0 fully saturated rings. The quantitative estimate of drug-likeness (QED) is 0.712. The molecular weight excluding hydrogens is 302 g/mol. The molecule has 0 aliphatic heterocycles. The van der Waals surface area contributed by atoms with Crippen LogP contribution in [0.25, 0.3) is 0 Å². The van der Waals surface area contributed by atoms with E-state index < -0.39 is 35.9 Å². The molecular formula is C16H21NO6. The van der Waals surface area contributed by atoms with E-state index in [0.29, 0.717) is 5.56 Å². The summed E-state index contributed by atoms with van der Waals surface area (Å²) in [7, 11) is 2.42. The first kappa shape index (κ1) is 18.6. The van der Waals surface area contributed by atoms with E-state index in [1.807, 2.05) is 0 Å². The molecule has 7 nitrogen and oxygen atoms in total. The van der Waals surface area contributed by atoms with E-state index in [0.717, 1.165) is 0 Å². The van der Waals surface area contributed by atoms with E-state index in [1.54, 1.807) is 37.3 Å². The van der Waals surface area contributed by atoms with E-state index in [9.17, 15) is 19.5 Å². The lowest BCUT2D eigenvalue weighted by Crippen LogP contribution is -2.45. The van der Waals surface area contributed by atoms with Gasteiger partial charge in [0.1, 0.15) is 6.04 Å². The zero-order chi connectivity index (χ0) is 17.4. The number of esters is 2. The summed E-state index contributed by atoms with van der Waals surface area (Å²) in [5, 5.41) is 12.4. The van der Waals surface area contributed by atoms with Crippen molar-refractivity contribution in [3.05, 3.63) is 35.9 Å².